The van der Waals surface area contributed by atoms with Gasteiger partial charge in [0.15, 0.2) is 0 Å². The van der Waals surface area contributed by atoms with Crippen LogP contribution in [-0.2, 0) is 4.79 Å². The van der Waals surface area contributed by atoms with Gasteiger partial charge < -0.3 is 11.1 Å². The highest BCUT2D eigenvalue weighted by molar-refractivity contribution is 7.98. The molecule has 1 rings (SSSR count). The first kappa shape index (κ1) is 14.1. The molecule has 17 heavy (non-hydrogen) atoms. The van der Waals surface area contributed by atoms with Crippen LogP contribution in [0.2, 0.25) is 0 Å². The second-order valence-corrected chi connectivity index (χ2v) is 4.90. The van der Waals surface area contributed by atoms with Crippen LogP contribution in [0.1, 0.15) is 24.4 Å². The van der Waals surface area contributed by atoms with Crippen molar-refractivity contribution in [3.63, 3.8) is 0 Å². The average Bonchev–Trinajstić information content (AvgIpc) is 2.36. The average molecular weight is 252 g/mol. The molecule has 1 aromatic carbocycles. The summed E-state index contributed by atoms with van der Waals surface area (Å²) in [4.78, 5) is 11.6. The van der Waals surface area contributed by atoms with Crippen molar-refractivity contribution in [2.24, 2.45) is 5.73 Å². The summed E-state index contributed by atoms with van der Waals surface area (Å²) in [5, 5.41) is 2.89. The Balaban J connectivity index is 2.26. The molecule has 0 saturated carbocycles. The van der Waals surface area contributed by atoms with Gasteiger partial charge in [0.25, 0.3) is 0 Å². The molecule has 0 spiro atoms. The predicted octanol–water partition coefficient (Wildman–Crippen LogP) is 1.95. The highest BCUT2D eigenvalue weighted by Crippen LogP contribution is 2.12. The summed E-state index contributed by atoms with van der Waals surface area (Å²) in [5.74, 6) is 1.10. The maximum Gasteiger partial charge on any atom is 0.221 e. The van der Waals surface area contributed by atoms with Gasteiger partial charge in [0.1, 0.15) is 0 Å². The number of carbonyl (C=O) groups excluding carboxylic acids is 1. The zero-order valence-electron chi connectivity index (χ0n) is 10.2. The molecule has 0 saturated heterocycles. The van der Waals surface area contributed by atoms with Crippen molar-refractivity contribution in [3.05, 3.63) is 35.9 Å². The zero-order chi connectivity index (χ0) is 12.5. The number of carbonyl (C=O) groups is 1. The molecular formula is C13H20N2OS. The van der Waals surface area contributed by atoms with Crippen molar-refractivity contribution in [1.29, 1.82) is 0 Å². The van der Waals surface area contributed by atoms with Crippen molar-refractivity contribution in [2.75, 3.05) is 18.6 Å². The first-order valence-corrected chi connectivity index (χ1v) is 7.19. The molecule has 0 aromatic heterocycles. The number of rotatable bonds is 7. The predicted molar refractivity (Wildman–Crippen MR) is 74.0 cm³/mol. The van der Waals surface area contributed by atoms with Crippen LogP contribution >= 0.6 is 11.8 Å². The molecule has 0 aliphatic carbocycles. The fourth-order valence-corrected chi connectivity index (χ4v) is 1.97. The van der Waals surface area contributed by atoms with Crippen LogP contribution in [0, 0.1) is 0 Å². The van der Waals surface area contributed by atoms with Crippen molar-refractivity contribution >= 4 is 17.7 Å². The summed E-state index contributed by atoms with van der Waals surface area (Å²) < 4.78 is 0. The number of amides is 1. The molecule has 3 nitrogen and oxygen atoms in total. The van der Waals surface area contributed by atoms with Crippen LogP contribution < -0.4 is 11.1 Å². The van der Waals surface area contributed by atoms with Crippen LogP contribution in [-0.4, -0.2) is 24.5 Å². The molecule has 1 unspecified atom stereocenters. The molecule has 0 aliphatic heterocycles. The van der Waals surface area contributed by atoms with Gasteiger partial charge in [-0.05, 0) is 24.0 Å². The third-order valence-corrected chi connectivity index (χ3v) is 3.18. The quantitative estimate of drug-likeness (QED) is 0.729. The lowest BCUT2D eigenvalue weighted by Crippen LogP contribution is -2.28. The van der Waals surface area contributed by atoms with Crippen LogP contribution in [0.5, 0.6) is 0 Å². The molecule has 0 bridgehead atoms. The number of nitrogens with two attached hydrogens (primary N) is 1. The van der Waals surface area contributed by atoms with Crippen LogP contribution in [0.15, 0.2) is 30.3 Å². The lowest BCUT2D eigenvalue weighted by Gasteiger charge is -2.11. The van der Waals surface area contributed by atoms with E-state index >= 15 is 0 Å². The summed E-state index contributed by atoms with van der Waals surface area (Å²) in [6.45, 7) is 0.737. The van der Waals surface area contributed by atoms with Gasteiger partial charge in [0.2, 0.25) is 5.91 Å². The van der Waals surface area contributed by atoms with E-state index < -0.39 is 0 Å². The first-order chi connectivity index (χ1) is 8.24. The molecule has 4 heteroatoms. The standard InChI is InChI=1S/C13H20N2OS/c1-17-9-5-8-15-13(16)10-12(14)11-6-3-2-4-7-11/h2-4,6-7,12H,5,8-10,14H2,1H3,(H,15,16). The van der Waals surface area contributed by atoms with E-state index in [0.29, 0.717) is 6.42 Å². The number of hydrogen-bond acceptors (Lipinski definition) is 3. The van der Waals surface area contributed by atoms with E-state index in [0.717, 1.165) is 24.3 Å². The van der Waals surface area contributed by atoms with Crippen LogP contribution in [0.4, 0.5) is 0 Å². The summed E-state index contributed by atoms with van der Waals surface area (Å²) in [6, 6.07) is 9.50. The molecule has 1 amide bonds. The fraction of sp³-hybridized carbons (Fsp3) is 0.462. The van der Waals surface area contributed by atoms with E-state index in [-0.39, 0.29) is 11.9 Å². The largest absolute Gasteiger partial charge is 0.356 e. The van der Waals surface area contributed by atoms with Crippen molar-refractivity contribution in [1.82, 2.24) is 5.32 Å². The van der Waals surface area contributed by atoms with Crippen molar-refractivity contribution in [3.8, 4) is 0 Å². The molecule has 0 heterocycles. The maximum atomic E-state index is 11.6. The molecular weight excluding hydrogens is 232 g/mol. The molecule has 1 aromatic rings. The topological polar surface area (TPSA) is 55.1 Å². The monoisotopic (exact) mass is 252 g/mol. The Hall–Kier alpha value is -1.00. The lowest BCUT2D eigenvalue weighted by atomic mass is 10.0. The molecule has 94 valence electrons. The van der Waals surface area contributed by atoms with E-state index in [1.165, 1.54) is 0 Å². The number of nitrogens with one attached hydrogen (secondary N) is 1. The molecule has 0 aliphatic rings. The Kier molecular flexibility index (Phi) is 6.74. The highest BCUT2D eigenvalue weighted by Gasteiger charge is 2.10. The molecule has 0 fully saturated rings. The van der Waals surface area contributed by atoms with Gasteiger partial charge in [0.05, 0.1) is 0 Å². The van der Waals surface area contributed by atoms with Gasteiger partial charge in [-0.2, -0.15) is 11.8 Å². The van der Waals surface area contributed by atoms with Gasteiger partial charge in [-0.3, -0.25) is 4.79 Å². The van der Waals surface area contributed by atoms with E-state index in [2.05, 4.69) is 11.6 Å². The smallest absolute Gasteiger partial charge is 0.221 e. The third kappa shape index (κ3) is 5.75. The minimum Gasteiger partial charge on any atom is -0.356 e. The Morgan fingerprint density at radius 2 is 2.12 bits per heavy atom. The minimum absolute atomic E-state index is 0.0301. The maximum absolute atomic E-state index is 11.6. The van der Waals surface area contributed by atoms with Crippen LogP contribution in [0.25, 0.3) is 0 Å². The number of benzene rings is 1. The van der Waals surface area contributed by atoms with Gasteiger partial charge in [-0.1, -0.05) is 30.3 Å². The van der Waals surface area contributed by atoms with Gasteiger partial charge in [-0.15, -0.1) is 0 Å². The van der Waals surface area contributed by atoms with Crippen molar-refractivity contribution in [2.45, 2.75) is 18.9 Å². The van der Waals surface area contributed by atoms with Crippen LogP contribution in [0.3, 0.4) is 0 Å². The highest BCUT2D eigenvalue weighted by atomic mass is 32.2. The van der Waals surface area contributed by atoms with Gasteiger partial charge in [-0.25, -0.2) is 0 Å². The van der Waals surface area contributed by atoms with Crippen molar-refractivity contribution < 1.29 is 4.79 Å². The Bertz CT molecular complexity index is 329. The van der Waals surface area contributed by atoms with E-state index in [4.69, 9.17) is 5.73 Å². The van der Waals surface area contributed by atoms with E-state index in [1.54, 1.807) is 11.8 Å². The van der Waals surface area contributed by atoms with E-state index in [9.17, 15) is 4.79 Å². The zero-order valence-corrected chi connectivity index (χ0v) is 11.0. The lowest BCUT2D eigenvalue weighted by molar-refractivity contribution is -0.121. The Morgan fingerprint density at radius 3 is 2.76 bits per heavy atom. The second kappa shape index (κ2) is 8.14. The summed E-state index contributed by atoms with van der Waals surface area (Å²) in [6.07, 6.45) is 3.42. The van der Waals surface area contributed by atoms with Gasteiger partial charge in [0, 0.05) is 19.0 Å². The first-order valence-electron chi connectivity index (χ1n) is 5.80. The summed E-state index contributed by atoms with van der Waals surface area (Å²) in [7, 11) is 0. The number of thioether (sulfide) groups is 1. The molecule has 0 radical (unpaired) electrons. The summed E-state index contributed by atoms with van der Waals surface area (Å²) in [5.41, 5.74) is 6.97. The van der Waals surface area contributed by atoms with E-state index in [1.807, 2.05) is 30.3 Å². The van der Waals surface area contributed by atoms with Gasteiger partial charge >= 0.3 is 0 Å². The fourth-order valence-electron chi connectivity index (χ4n) is 1.53. The summed E-state index contributed by atoms with van der Waals surface area (Å²) >= 11 is 1.79. The second-order valence-electron chi connectivity index (χ2n) is 3.92. The number of hydrogen-bond donors (Lipinski definition) is 2. The Morgan fingerprint density at radius 1 is 1.41 bits per heavy atom. The third-order valence-electron chi connectivity index (χ3n) is 2.48. The Labute approximate surface area is 107 Å². The normalized spacial score (nSPS) is 12.1. The molecule has 1 atom stereocenters. The molecule has 3 N–H and O–H groups in total. The minimum atomic E-state index is -0.211. The SMILES string of the molecule is CSCCCNC(=O)CC(N)c1ccccc1.